The smallest absolute Gasteiger partial charge is 0.458 e. The number of halogens is 6. The van der Waals surface area contributed by atoms with Gasteiger partial charge in [-0.15, -0.1) is 0 Å². The van der Waals surface area contributed by atoms with Gasteiger partial charge < -0.3 is 18.9 Å². The molecule has 0 N–H and O–H groups in total. The average Bonchev–Trinajstić information content (AvgIpc) is 3.26. The normalized spacial score (nSPS) is 11.9. The van der Waals surface area contributed by atoms with E-state index in [1.165, 1.54) is 19.2 Å². The van der Waals surface area contributed by atoms with E-state index >= 15 is 0 Å². The van der Waals surface area contributed by atoms with E-state index in [2.05, 4.69) is 6.58 Å². The highest BCUT2D eigenvalue weighted by molar-refractivity contribution is 6.31. The van der Waals surface area contributed by atoms with Crippen molar-refractivity contribution < 1.29 is 45.3 Å². The highest BCUT2D eigenvalue weighted by atomic mass is 19.4. The third-order valence-electron chi connectivity index (χ3n) is 10.9. The summed E-state index contributed by atoms with van der Waals surface area (Å²) in [6.07, 6.45) is -5.80. The first-order valence-electron chi connectivity index (χ1n) is 18.7. The maximum Gasteiger partial charge on any atom is 0.458 e. The fraction of sp³-hybridized carbons (Fsp3) is 0.120. The molecule has 60 heavy (non-hydrogen) atoms. The van der Waals surface area contributed by atoms with Crippen LogP contribution in [-0.4, -0.2) is 34.6 Å². The second-order valence-electron chi connectivity index (χ2n) is 14.2. The number of ether oxygens (including phenoxy) is 4. The van der Waals surface area contributed by atoms with Gasteiger partial charge in [0.05, 0.1) is 28.4 Å². The van der Waals surface area contributed by atoms with Crippen LogP contribution >= 0.6 is 0 Å². The molecule has 0 aliphatic heterocycles. The first kappa shape index (κ1) is 39.9. The second-order valence-corrected chi connectivity index (χ2v) is 14.2. The van der Waals surface area contributed by atoms with Crippen molar-refractivity contribution in [2.75, 3.05) is 28.4 Å². The average molecular weight is 815 g/mol. The van der Waals surface area contributed by atoms with Gasteiger partial charge in [0.1, 0.15) is 28.8 Å². The minimum Gasteiger partial charge on any atom is -0.497 e. The Bertz CT molecular complexity index is 2920. The van der Waals surface area contributed by atoms with Gasteiger partial charge in [0.2, 0.25) is 0 Å². The van der Waals surface area contributed by atoms with E-state index in [1.54, 1.807) is 33.5 Å². The Morgan fingerprint density at radius 2 is 0.900 bits per heavy atom. The minimum absolute atomic E-state index is 0.297. The van der Waals surface area contributed by atoms with E-state index in [0.29, 0.717) is 66.8 Å². The zero-order chi connectivity index (χ0) is 42.5. The fourth-order valence-corrected chi connectivity index (χ4v) is 7.92. The van der Waals surface area contributed by atoms with Gasteiger partial charge in [-0.1, -0.05) is 85.4 Å². The Kier molecular flexibility index (Phi) is 10.2. The summed E-state index contributed by atoms with van der Waals surface area (Å²) in [6, 6.07) is 37.5. The maximum atomic E-state index is 14.8. The Hall–Kier alpha value is -6.94. The van der Waals surface area contributed by atoms with Gasteiger partial charge >= 0.3 is 12.1 Å². The van der Waals surface area contributed by atoms with Gasteiger partial charge in [0.15, 0.2) is 0 Å². The summed E-state index contributed by atoms with van der Waals surface area (Å²) in [4.78, 5) is 0. The van der Waals surface area contributed by atoms with E-state index in [-0.39, 0.29) is 0 Å². The van der Waals surface area contributed by atoms with Crippen LogP contribution in [0, 0.1) is 0 Å². The molecule has 0 saturated carbocycles. The molecule has 4 nitrogen and oxygen atoms in total. The molecule has 0 amide bonds. The lowest BCUT2D eigenvalue weighted by Gasteiger charge is -2.25. The van der Waals surface area contributed by atoms with E-state index in [4.69, 9.17) is 18.9 Å². The SMILES string of the molecule is C=C(F)c1ccc(-c2c3cc4cc(OC)ccc4c(-c4ccc(OC)cc4)c3c(-c3ccc(C(F)(F)C(F)(F)F)cc3)c3cc(OC)cc(-c4ccc(OC)cc4)c23)cc1. The molecule has 0 aliphatic carbocycles. The van der Waals surface area contributed by atoms with Crippen molar-refractivity contribution in [1.29, 1.82) is 0 Å². The molecule has 0 unspecified atom stereocenters. The van der Waals surface area contributed by atoms with Crippen molar-refractivity contribution >= 4 is 38.1 Å². The minimum atomic E-state index is -5.80. The molecule has 0 saturated heterocycles. The van der Waals surface area contributed by atoms with Gasteiger partial charge in [-0.05, 0) is 131 Å². The molecule has 8 aromatic carbocycles. The number of hydrogen-bond donors (Lipinski definition) is 0. The van der Waals surface area contributed by atoms with Crippen LogP contribution in [0.2, 0.25) is 0 Å². The van der Waals surface area contributed by atoms with Crippen LogP contribution in [0.15, 0.2) is 140 Å². The van der Waals surface area contributed by atoms with Gasteiger partial charge in [0.25, 0.3) is 0 Å². The Labute approximate surface area is 341 Å². The third kappa shape index (κ3) is 6.81. The highest BCUT2D eigenvalue weighted by Gasteiger charge is 2.58. The van der Waals surface area contributed by atoms with Gasteiger partial charge in [-0.25, -0.2) is 4.39 Å². The molecule has 0 aliphatic rings. The quantitative estimate of drug-likeness (QED) is 0.102. The predicted molar refractivity (Wildman–Crippen MR) is 227 cm³/mol. The fourth-order valence-electron chi connectivity index (χ4n) is 7.92. The van der Waals surface area contributed by atoms with Crippen LogP contribution in [0.1, 0.15) is 11.1 Å². The number of benzene rings is 8. The number of fused-ring (bicyclic) bond motifs is 3. The molecule has 8 rings (SSSR count). The molecule has 10 heteroatoms. The van der Waals surface area contributed by atoms with Crippen molar-refractivity contribution in [2.24, 2.45) is 0 Å². The molecule has 302 valence electrons. The number of alkyl halides is 5. The van der Waals surface area contributed by atoms with E-state index < -0.39 is 23.5 Å². The molecule has 0 aromatic heterocycles. The summed E-state index contributed by atoms with van der Waals surface area (Å²) in [5, 5.41) is 4.31. The van der Waals surface area contributed by atoms with Crippen molar-refractivity contribution in [3.05, 3.63) is 151 Å². The van der Waals surface area contributed by atoms with Crippen molar-refractivity contribution in [3.63, 3.8) is 0 Å². The number of methoxy groups -OCH3 is 4. The molecular formula is C50H36F6O4. The van der Waals surface area contributed by atoms with E-state index in [9.17, 15) is 26.3 Å². The van der Waals surface area contributed by atoms with E-state index in [1.807, 2.05) is 97.1 Å². The van der Waals surface area contributed by atoms with Crippen LogP contribution in [0.4, 0.5) is 26.3 Å². The standard InChI is InChI=1S/C50H36F6O4/c1-28(51)29-6-8-31(9-7-29)45-42-25-34-24-38(59-4)22-23-40(34)44(33-14-20-37(58-3)21-15-33)48(42)46(32-10-16-35(17-11-32)49(52,53)50(54,55)56)43-27-39(60-5)26-41(47(43)45)30-12-18-36(57-2)19-13-30/h6-27H,1H2,2-5H3. The van der Waals surface area contributed by atoms with Crippen LogP contribution in [-0.2, 0) is 5.92 Å². The largest absolute Gasteiger partial charge is 0.497 e. The van der Waals surface area contributed by atoms with Crippen molar-refractivity contribution in [2.45, 2.75) is 12.1 Å². The number of hydrogen-bond acceptors (Lipinski definition) is 4. The van der Waals surface area contributed by atoms with Gasteiger partial charge in [0, 0.05) is 11.1 Å². The van der Waals surface area contributed by atoms with E-state index in [0.717, 1.165) is 50.7 Å². The van der Waals surface area contributed by atoms with Gasteiger partial charge in [-0.3, -0.25) is 0 Å². The lowest BCUT2D eigenvalue weighted by molar-refractivity contribution is -0.289. The summed E-state index contributed by atoms with van der Waals surface area (Å²) in [6.45, 7) is 3.48. The molecule has 0 atom stereocenters. The summed E-state index contributed by atoms with van der Waals surface area (Å²) >= 11 is 0. The Morgan fingerprint density at radius 3 is 1.42 bits per heavy atom. The summed E-state index contributed by atoms with van der Waals surface area (Å²) in [7, 11) is 6.23. The second kappa shape index (κ2) is 15.3. The Morgan fingerprint density at radius 1 is 0.450 bits per heavy atom. The van der Waals surface area contributed by atoms with Crippen LogP contribution in [0.5, 0.6) is 23.0 Å². The van der Waals surface area contributed by atoms with Crippen LogP contribution < -0.4 is 18.9 Å². The molecular weight excluding hydrogens is 779 g/mol. The molecule has 0 bridgehead atoms. The number of rotatable bonds is 10. The first-order chi connectivity index (χ1) is 28.8. The predicted octanol–water partition coefficient (Wildman–Crippen LogP) is 14.4. The zero-order valence-electron chi connectivity index (χ0n) is 32.8. The molecule has 0 fully saturated rings. The topological polar surface area (TPSA) is 36.9 Å². The molecule has 0 spiro atoms. The first-order valence-corrected chi connectivity index (χ1v) is 18.7. The third-order valence-corrected chi connectivity index (χ3v) is 10.9. The lowest BCUT2D eigenvalue weighted by atomic mass is 9.79. The highest BCUT2D eigenvalue weighted by Crippen LogP contribution is 2.53. The van der Waals surface area contributed by atoms with Crippen molar-refractivity contribution in [3.8, 4) is 67.5 Å². The van der Waals surface area contributed by atoms with Crippen LogP contribution in [0.3, 0.4) is 0 Å². The summed E-state index contributed by atoms with van der Waals surface area (Å²) in [5.74, 6) is -3.40. The summed E-state index contributed by atoms with van der Waals surface area (Å²) < 4.78 is 108. The Balaban J connectivity index is 1.65. The maximum absolute atomic E-state index is 14.8. The molecule has 0 radical (unpaired) electrons. The monoisotopic (exact) mass is 814 g/mol. The zero-order valence-corrected chi connectivity index (χ0v) is 32.8. The summed E-state index contributed by atoms with van der Waals surface area (Å²) in [5.41, 5.74) is 4.50. The lowest BCUT2D eigenvalue weighted by Crippen LogP contribution is -2.33. The molecule has 8 aromatic rings. The van der Waals surface area contributed by atoms with Crippen LogP contribution in [0.25, 0.3) is 82.7 Å². The van der Waals surface area contributed by atoms with Gasteiger partial charge in [-0.2, -0.15) is 22.0 Å². The van der Waals surface area contributed by atoms with Crippen molar-refractivity contribution in [1.82, 2.24) is 0 Å². The molecule has 0 heterocycles.